The van der Waals surface area contributed by atoms with Gasteiger partial charge >= 0.3 is 0 Å². The van der Waals surface area contributed by atoms with Crippen LogP contribution < -0.4 is 5.32 Å². The van der Waals surface area contributed by atoms with Crippen molar-refractivity contribution in [2.75, 3.05) is 13.1 Å². The molecule has 1 aliphatic heterocycles. The lowest BCUT2D eigenvalue weighted by Gasteiger charge is -2.16. The first kappa shape index (κ1) is 15.8. The Morgan fingerprint density at radius 3 is 2.21 bits per heavy atom. The second-order valence-electron chi connectivity index (χ2n) is 4.60. The zero-order valence-corrected chi connectivity index (χ0v) is 11.9. The molecule has 1 saturated heterocycles. The van der Waals surface area contributed by atoms with Crippen molar-refractivity contribution in [3.63, 3.8) is 0 Å². The highest BCUT2D eigenvalue weighted by Gasteiger charge is 2.15. The van der Waals surface area contributed by atoms with Crippen molar-refractivity contribution in [3.8, 4) is 0 Å². The fourth-order valence-electron chi connectivity index (χ4n) is 1.57. The lowest BCUT2D eigenvalue weighted by Crippen LogP contribution is -2.35. The number of Topliss-reactive ketones (excluding diaryl/α,β-unsaturated/α-hetero) is 1. The normalized spacial score (nSPS) is 19.5. The summed E-state index contributed by atoms with van der Waals surface area (Å²) < 4.78 is 31.2. The number of carbonyl (C=O) groups excluding carboxylic acids is 1. The Kier molecular flexibility index (Phi) is 5.65. The quantitative estimate of drug-likeness (QED) is 0.780. The largest absolute Gasteiger partial charge is 0.744 e. The molecule has 1 heterocycles. The third kappa shape index (κ3) is 5.50. The van der Waals surface area contributed by atoms with Gasteiger partial charge in [-0.05, 0) is 32.0 Å². The molecule has 0 bridgehead atoms. The van der Waals surface area contributed by atoms with Gasteiger partial charge in [0.2, 0.25) is 0 Å². The number of aryl methyl sites for hydroxylation is 1. The molecule has 0 amide bonds. The fraction of sp³-hybridized carbons (Fsp3) is 0.462. The Hall–Kier alpha value is -1.24. The maximum absolute atomic E-state index is 10.7. The minimum absolute atomic E-state index is 0.178. The summed E-state index contributed by atoms with van der Waals surface area (Å²) >= 11 is 0. The third-order valence-corrected chi connectivity index (χ3v) is 3.76. The molecule has 0 saturated carbocycles. The summed E-state index contributed by atoms with van der Waals surface area (Å²) in [6.45, 7) is 5.40. The topological polar surface area (TPSA) is 86.3 Å². The molecule has 0 aromatic heterocycles. The zero-order chi connectivity index (χ0) is 14.5. The van der Waals surface area contributed by atoms with Crippen LogP contribution in [0.1, 0.15) is 18.9 Å². The highest BCUT2D eigenvalue weighted by atomic mass is 32.2. The third-order valence-electron chi connectivity index (χ3n) is 2.91. The molecule has 0 aliphatic carbocycles. The van der Waals surface area contributed by atoms with Gasteiger partial charge in [0.25, 0.3) is 0 Å². The highest BCUT2D eigenvalue weighted by molar-refractivity contribution is 7.85. The van der Waals surface area contributed by atoms with Crippen molar-refractivity contribution >= 4 is 15.9 Å². The van der Waals surface area contributed by atoms with E-state index < -0.39 is 10.1 Å². The van der Waals surface area contributed by atoms with Gasteiger partial charge in [-0.1, -0.05) is 24.6 Å². The van der Waals surface area contributed by atoms with Crippen LogP contribution in [0.2, 0.25) is 0 Å². The van der Waals surface area contributed by atoms with Crippen molar-refractivity contribution < 1.29 is 17.8 Å². The van der Waals surface area contributed by atoms with E-state index in [2.05, 4.69) is 5.32 Å². The SMILES string of the molecule is CC1CCNCC1=O.Cc1ccc(S(=O)(=O)[O-])cc1. The molecular formula is C13H18NO4S-. The summed E-state index contributed by atoms with van der Waals surface area (Å²) in [5.41, 5.74) is 0.928. The molecule has 2 rings (SSSR count). The van der Waals surface area contributed by atoms with Gasteiger partial charge in [-0.25, -0.2) is 8.42 Å². The molecule has 1 aliphatic rings. The molecule has 0 spiro atoms. The summed E-state index contributed by atoms with van der Waals surface area (Å²) in [4.78, 5) is 10.6. The van der Waals surface area contributed by atoms with Crippen molar-refractivity contribution in [2.45, 2.75) is 25.2 Å². The second kappa shape index (κ2) is 6.79. The molecule has 19 heavy (non-hydrogen) atoms. The monoisotopic (exact) mass is 284 g/mol. The maximum Gasteiger partial charge on any atom is 0.149 e. The van der Waals surface area contributed by atoms with E-state index in [1.54, 1.807) is 12.1 Å². The van der Waals surface area contributed by atoms with Gasteiger partial charge in [0.1, 0.15) is 15.9 Å². The second-order valence-corrected chi connectivity index (χ2v) is 5.98. The van der Waals surface area contributed by atoms with Gasteiger partial charge in [-0.15, -0.1) is 0 Å². The molecule has 106 valence electrons. The van der Waals surface area contributed by atoms with Crippen molar-refractivity contribution in [3.05, 3.63) is 29.8 Å². The van der Waals surface area contributed by atoms with Crippen LogP contribution in [-0.2, 0) is 14.9 Å². The summed E-state index contributed by atoms with van der Waals surface area (Å²) in [6.07, 6.45) is 1.01. The van der Waals surface area contributed by atoms with Gasteiger partial charge in [0.15, 0.2) is 0 Å². The van der Waals surface area contributed by atoms with Crippen LogP contribution in [0.5, 0.6) is 0 Å². The van der Waals surface area contributed by atoms with Gasteiger partial charge in [0, 0.05) is 5.92 Å². The van der Waals surface area contributed by atoms with E-state index >= 15 is 0 Å². The van der Waals surface area contributed by atoms with Crippen molar-refractivity contribution in [1.82, 2.24) is 5.32 Å². The van der Waals surface area contributed by atoms with Gasteiger partial charge in [0.05, 0.1) is 11.4 Å². The molecule has 1 unspecified atom stereocenters. The van der Waals surface area contributed by atoms with Crippen LogP contribution in [0.4, 0.5) is 0 Å². The number of benzene rings is 1. The summed E-state index contributed by atoms with van der Waals surface area (Å²) in [7, 11) is -4.27. The number of piperidine rings is 1. The van der Waals surface area contributed by atoms with E-state index in [1.165, 1.54) is 12.1 Å². The fourth-order valence-corrected chi connectivity index (χ4v) is 2.04. The lowest BCUT2D eigenvalue weighted by molar-refractivity contribution is -0.122. The first-order valence-electron chi connectivity index (χ1n) is 6.06. The summed E-state index contributed by atoms with van der Waals surface area (Å²) in [6, 6.07) is 5.78. The predicted molar refractivity (Wildman–Crippen MR) is 70.8 cm³/mol. The number of rotatable bonds is 1. The summed E-state index contributed by atoms with van der Waals surface area (Å²) in [5.74, 6) is 0.660. The Morgan fingerprint density at radius 1 is 1.26 bits per heavy atom. The number of carbonyl (C=O) groups is 1. The molecule has 1 fully saturated rings. The minimum Gasteiger partial charge on any atom is -0.744 e. The van der Waals surface area contributed by atoms with Gasteiger partial charge in [-0.2, -0.15) is 0 Å². The highest BCUT2D eigenvalue weighted by Crippen LogP contribution is 2.08. The van der Waals surface area contributed by atoms with Crippen molar-refractivity contribution in [1.29, 1.82) is 0 Å². The Morgan fingerprint density at radius 2 is 1.84 bits per heavy atom. The number of ketones is 1. The Labute approximate surface area is 113 Å². The van der Waals surface area contributed by atoms with Crippen LogP contribution in [0.3, 0.4) is 0 Å². The molecule has 1 N–H and O–H groups in total. The van der Waals surface area contributed by atoms with E-state index in [0.717, 1.165) is 18.5 Å². The molecule has 6 heteroatoms. The van der Waals surface area contributed by atoms with Crippen LogP contribution in [0.25, 0.3) is 0 Å². The Balaban J connectivity index is 0.000000200. The minimum atomic E-state index is -4.27. The molecule has 1 atom stereocenters. The number of hydrogen-bond donors (Lipinski definition) is 1. The standard InChI is InChI=1S/C7H8O3S.C6H11NO/c1-6-2-4-7(5-3-6)11(8,9)10;1-5-2-3-7-4-6(5)8/h2-5H,1H3,(H,8,9,10);5,7H,2-4H2,1H3/p-1. The first-order valence-corrected chi connectivity index (χ1v) is 7.47. The number of hydrogen-bond acceptors (Lipinski definition) is 5. The van der Waals surface area contributed by atoms with E-state index in [-0.39, 0.29) is 4.90 Å². The lowest BCUT2D eigenvalue weighted by atomic mass is 10.00. The van der Waals surface area contributed by atoms with Gasteiger partial charge < -0.3 is 9.87 Å². The van der Waals surface area contributed by atoms with Crippen LogP contribution in [-0.4, -0.2) is 31.8 Å². The van der Waals surface area contributed by atoms with Crippen LogP contribution >= 0.6 is 0 Å². The first-order chi connectivity index (χ1) is 8.80. The van der Waals surface area contributed by atoms with Gasteiger partial charge in [-0.3, -0.25) is 4.79 Å². The maximum atomic E-state index is 10.7. The zero-order valence-electron chi connectivity index (χ0n) is 11.0. The van der Waals surface area contributed by atoms with Crippen LogP contribution in [0, 0.1) is 12.8 Å². The smallest absolute Gasteiger partial charge is 0.149 e. The number of nitrogens with one attached hydrogen (secondary N) is 1. The van der Waals surface area contributed by atoms with Crippen molar-refractivity contribution in [2.24, 2.45) is 5.92 Å². The summed E-state index contributed by atoms with van der Waals surface area (Å²) in [5, 5.41) is 3.02. The average molecular weight is 284 g/mol. The molecule has 1 aromatic rings. The van der Waals surface area contributed by atoms with Crippen LogP contribution in [0.15, 0.2) is 29.2 Å². The van der Waals surface area contributed by atoms with E-state index in [1.807, 2.05) is 13.8 Å². The molecular weight excluding hydrogens is 266 g/mol. The molecule has 1 aromatic carbocycles. The predicted octanol–water partition coefficient (Wildman–Crippen LogP) is 1.08. The average Bonchev–Trinajstić information content (AvgIpc) is 2.33. The van der Waals surface area contributed by atoms with E-state index in [9.17, 15) is 17.8 Å². The Bertz CT molecular complexity index is 522. The molecule has 0 radical (unpaired) electrons. The molecule has 5 nitrogen and oxygen atoms in total. The van der Waals surface area contributed by atoms with E-state index in [4.69, 9.17) is 0 Å². The van der Waals surface area contributed by atoms with E-state index in [0.29, 0.717) is 18.2 Å².